The van der Waals surface area contributed by atoms with Crippen LogP contribution in [0.3, 0.4) is 0 Å². The lowest BCUT2D eigenvalue weighted by Gasteiger charge is -2.14. The number of nitrogens with one attached hydrogen (secondary N) is 3. The average Bonchev–Trinajstić information content (AvgIpc) is 3.30. The largest absolute Gasteiger partial charge is 0.326 e. The van der Waals surface area contributed by atoms with E-state index in [0.717, 1.165) is 13.0 Å². The van der Waals surface area contributed by atoms with Crippen molar-refractivity contribution in [2.75, 3.05) is 16.0 Å². The lowest BCUT2D eigenvalue weighted by atomic mass is 10.1. The molecule has 3 N–H and O–H groups in total. The van der Waals surface area contributed by atoms with E-state index in [1.165, 1.54) is 6.07 Å². The Labute approximate surface area is 191 Å². The number of carbonyl (C=O) groups is 3. The molecular weight excluding hydrogens is 475 g/mol. The lowest BCUT2D eigenvalue weighted by Crippen LogP contribution is -2.19. The van der Waals surface area contributed by atoms with E-state index in [-0.39, 0.29) is 27.6 Å². The quantitative estimate of drug-likeness (QED) is 0.499. The second-order valence-corrected chi connectivity index (χ2v) is 9.03. The van der Waals surface area contributed by atoms with Crippen molar-refractivity contribution in [3.8, 4) is 0 Å². The molecule has 0 aliphatic heterocycles. The Bertz CT molecular complexity index is 1110. The van der Waals surface area contributed by atoms with E-state index in [0.29, 0.717) is 18.1 Å². The summed E-state index contributed by atoms with van der Waals surface area (Å²) in [5.74, 6) is -4.42. The highest BCUT2D eigenvalue weighted by atomic mass is 35.5. The first kappa shape index (κ1) is 23.2. The van der Waals surface area contributed by atoms with Crippen LogP contribution in [0.15, 0.2) is 24.3 Å². The van der Waals surface area contributed by atoms with Crippen molar-refractivity contribution in [3.05, 3.63) is 52.0 Å². The first-order valence-corrected chi connectivity index (χ1v) is 10.1. The fraction of sp³-hybridized carbons (Fsp3) is 0.250. The molecule has 6 nitrogen and oxygen atoms in total. The molecule has 0 bridgehead atoms. The minimum atomic E-state index is -1.11. The molecule has 1 atom stereocenters. The first-order valence-electron chi connectivity index (χ1n) is 8.96. The number of anilines is 3. The number of hydrogen-bond acceptors (Lipinski definition) is 3. The lowest BCUT2D eigenvalue weighted by molar-refractivity contribution is -0.117. The van der Waals surface area contributed by atoms with Gasteiger partial charge in [0.1, 0.15) is 16.0 Å². The van der Waals surface area contributed by atoms with Crippen LogP contribution in [-0.4, -0.2) is 22.1 Å². The van der Waals surface area contributed by atoms with Crippen LogP contribution in [0.1, 0.15) is 29.3 Å². The van der Waals surface area contributed by atoms with Gasteiger partial charge in [0.2, 0.25) is 11.8 Å². The number of halogens is 5. The third-order valence-corrected chi connectivity index (χ3v) is 5.86. The van der Waals surface area contributed by atoms with Crippen LogP contribution in [0.4, 0.5) is 25.8 Å². The average molecular weight is 491 g/mol. The predicted octanol–water partition coefficient (Wildman–Crippen LogP) is 5.27. The van der Waals surface area contributed by atoms with Crippen molar-refractivity contribution in [2.24, 2.45) is 5.92 Å². The number of benzene rings is 2. The highest BCUT2D eigenvalue weighted by Gasteiger charge is 2.56. The van der Waals surface area contributed by atoms with Crippen LogP contribution in [0.25, 0.3) is 0 Å². The van der Waals surface area contributed by atoms with Crippen LogP contribution in [0, 0.1) is 24.5 Å². The summed E-state index contributed by atoms with van der Waals surface area (Å²) < 4.78 is 26.9. The molecule has 0 saturated heterocycles. The SMILES string of the molecule is CC(=O)Nc1cc(NC(=O)c2cc(NC(=O)C3CC3(Cl)Cl)cc(C)c2Cl)c(F)cc1F. The van der Waals surface area contributed by atoms with Gasteiger partial charge in [-0.1, -0.05) is 11.6 Å². The minimum Gasteiger partial charge on any atom is -0.326 e. The standard InChI is InChI=1S/C20H16Cl3F2N3O3/c1-8-3-10(27-19(31)12-7-20(12,22)23)4-11(17(8)21)18(30)28-16-6-15(26-9(2)29)13(24)5-14(16)25/h3-6,12H,7H2,1-2H3,(H,26,29)(H,27,31)(H,28,30). The molecule has 11 heteroatoms. The number of carbonyl (C=O) groups excluding carboxylic acids is 3. The molecule has 1 aliphatic carbocycles. The van der Waals surface area contributed by atoms with Crippen molar-refractivity contribution in [2.45, 2.75) is 24.6 Å². The zero-order chi connectivity index (χ0) is 23.1. The van der Waals surface area contributed by atoms with Gasteiger partial charge in [0.25, 0.3) is 5.91 Å². The van der Waals surface area contributed by atoms with Crippen molar-refractivity contribution in [1.29, 1.82) is 0 Å². The van der Waals surface area contributed by atoms with Crippen molar-refractivity contribution in [1.82, 2.24) is 0 Å². The maximum atomic E-state index is 14.2. The molecule has 31 heavy (non-hydrogen) atoms. The Morgan fingerprint density at radius 2 is 1.58 bits per heavy atom. The van der Waals surface area contributed by atoms with Gasteiger partial charge < -0.3 is 16.0 Å². The van der Waals surface area contributed by atoms with Gasteiger partial charge in [-0.05, 0) is 37.1 Å². The molecule has 3 amide bonds. The number of rotatable bonds is 5. The molecule has 1 saturated carbocycles. The van der Waals surface area contributed by atoms with Gasteiger partial charge in [0.15, 0.2) is 0 Å². The van der Waals surface area contributed by atoms with Gasteiger partial charge >= 0.3 is 0 Å². The van der Waals surface area contributed by atoms with Crippen molar-refractivity contribution in [3.63, 3.8) is 0 Å². The number of aryl methyl sites for hydroxylation is 1. The second-order valence-electron chi connectivity index (χ2n) is 7.11. The normalized spacial score (nSPS) is 16.4. The molecule has 0 spiro atoms. The number of amides is 3. The Hall–Kier alpha value is -2.42. The molecule has 3 rings (SSSR count). The maximum Gasteiger partial charge on any atom is 0.257 e. The second kappa shape index (κ2) is 8.61. The summed E-state index contributed by atoms with van der Waals surface area (Å²) in [6.07, 6.45) is 0.308. The molecule has 2 aromatic rings. The molecular formula is C20H16Cl3F2N3O3. The topological polar surface area (TPSA) is 87.3 Å². The predicted molar refractivity (Wildman–Crippen MR) is 116 cm³/mol. The zero-order valence-corrected chi connectivity index (χ0v) is 18.5. The van der Waals surface area contributed by atoms with E-state index in [9.17, 15) is 23.2 Å². The third-order valence-electron chi connectivity index (χ3n) is 4.52. The Kier molecular flexibility index (Phi) is 6.45. The monoisotopic (exact) mass is 489 g/mol. The van der Waals surface area contributed by atoms with Gasteiger partial charge in [-0.3, -0.25) is 14.4 Å². The van der Waals surface area contributed by atoms with Gasteiger partial charge in [-0.2, -0.15) is 0 Å². The summed E-state index contributed by atoms with van der Waals surface area (Å²) in [6, 6.07) is 4.34. The highest BCUT2D eigenvalue weighted by molar-refractivity contribution is 6.52. The molecule has 164 valence electrons. The Morgan fingerprint density at radius 1 is 1.00 bits per heavy atom. The molecule has 0 heterocycles. The van der Waals surface area contributed by atoms with Crippen LogP contribution < -0.4 is 16.0 Å². The van der Waals surface area contributed by atoms with Crippen LogP contribution >= 0.6 is 34.8 Å². The fourth-order valence-electron chi connectivity index (χ4n) is 2.85. The maximum absolute atomic E-state index is 14.2. The van der Waals surface area contributed by atoms with Gasteiger partial charge in [-0.15, -0.1) is 23.2 Å². The van der Waals surface area contributed by atoms with E-state index >= 15 is 0 Å². The van der Waals surface area contributed by atoms with E-state index < -0.39 is 39.6 Å². The summed E-state index contributed by atoms with van der Waals surface area (Å²) in [5, 5.41) is 7.19. The van der Waals surface area contributed by atoms with Crippen molar-refractivity contribution >= 4 is 69.6 Å². The van der Waals surface area contributed by atoms with Crippen LogP contribution in [0.5, 0.6) is 0 Å². The molecule has 2 aromatic carbocycles. The van der Waals surface area contributed by atoms with Gasteiger partial charge in [-0.25, -0.2) is 8.78 Å². The van der Waals surface area contributed by atoms with E-state index in [2.05, 4.69) is 16.0 Å². The molecule has 1 fully saturated rings. The summed E-state index contributed by atoms with van der Waals surface area (Å²) in [7, 11) is 0. The molecule has 1 unspecified atom stereocenters. The first-order chi connectivity index (χ1) is 14.4. The van der Waals surface area contributed by atoms with Crippen LogP contribution in [-0.2, 0) is 9.59 Å². The summed E-state index contributed by atoms with van der Waals surface area (Å²) >= 11 is 18.0. The number of hydrogen-bond donors (Lipinski definition) is 3. The summed E-state index contributed by atoms with van der Waals surface area (Å²) in [6.45, 7) is 2.77. The van der Waals surface area contributed by atoms with Gasteiger partial charge in [0.05, 0.1) is 27.9 Å². The molecule has 0 radical (unpaired) electrons. The molecule has 1 aliphatic rings. The Balaban J connectivity index is 1.85. The van der Waals surface area contributed by atoms with Crippen molar-refractivity contribution < 1.29 is 23.2 Å². The van der Waals surface area contributed by atoms with E-state index in [1.54, 1.807) is 13.0 Å². The van der Waals surface area contributed by atoms with Crippen LogP contribution in [0.2, 0.25) is 5.02 Å². The van der Waals surface area contributed by atoms with Gasteiger partial charge in [0, 0.05) is 18.7 Å². The minimum absolute atomic E-state index is 0.0550. The summed E-state index contributed by atoms with van der Waals surface area (Å²) in [4.78, 5) is 36.2. The highest BCUT2D eigenvalue weighted by Crippen LogP contribution is 2.53. The fourth-order valence-corrected chi connectivity index (χ4v) is 3.56. The zero-order valence-electron chi connectivity index (χ0n) is 16.2. The molecule has 0 aromatic heterocycles. The number of alkyl halides is 2. The third kappa shape index (κ3) is 5.26. The summed E-state index contributed by atoms with van der Waals surface area (Å²) in [5.41, 5.74) is 0.0158. The smallest absolute Gasteiger partial charge is 0.257 e. The van der Waals surface area contributed by atoms with E-state index in [4.69, 9.17) is 34.8 Å². The van der Waals surface area contributed by atoms with E-state index in [1.807, 2.05) is 0 Å². The Morgan fingerprint density at radius 3 is 2.13 bits per heavy atom.